The molecule has 0 saturated carbocycles. The molecular formula is C12H17F2NO2S. The van der Waals surface area contributed by atoms with Crippen molar-refractivity contribution in [3.63, 3.8) is 0 Å². The van der Waals surface area contributed by atoms with Crippen molar-refractivity contribution in [3.8, 4) is 0 Å². The summed E-state index contributed by atoms with van der Waals surface area (Å²) in [4.78, 5) is 0. The van der Waals surface area contributed by atoms with Gasteiger partial charge in [-0.3, -0.25) is 0 Å². The van der Waals surface area contributed by atoms with Crippen LogP contribution in [-0.2, 0) is 9.84 Å². The van der Waals surface area contributed by atoms with Crippen molar-refractivity contribution in [2.45, 2.75) is 18.9 Å². The molecule has 0 bridgehead atoms. The van der Waals surface area contributed by atoms with Gasteiger partial charge in [0.1, 0.15) is 21.5 Å². The van der Waals surface area contributed by atoms with Gasteiger partial charge in [-0.1, -0.05) is 6.07 Å². The molecule has 1 aromatic rings. The van der Waals surface area contributed by atoms with E-state index in [1.807, 2.05) is 0 Å². The molecule has 0 radical (unpaired) electrons. The Morgan fingerprint density at radius 1 is 1.33 bits per heavy atom. The third-order valence-electron chi connectivity index (χ3n) is 2.69. The number of nitrogens with one attached hydrogen (secondary N) is 1. The van der Waals surface area contributed by atoms with E-state index in [2.05, 4.69) is 5.32 Å². The Hall–Kier alpha value is -1.01. The summed E-state index contributed by atoms with van der Waals surface area (Å²) >= 11 is 0. The average Bonchev–Trinajstić information content (AvgIpc) is 2.24. The molecule has 0 aliphatic heterocycles. The van der Waals surface area contributed by atoms with Gasteiger partial charge in [0.15, 0.2) is 0 Å². The number of halogens is 2. The van der Waals surface area contributed by atoms with Crippen molar-refractivity contribution in [1.82, 2.24) is 5.32 Å². The minimum atomic E-state index is -3.01. The first-order valence-corrected chi connectivity index (χ1v) is 7.69. The Kier molecular flexibility index (Phi) is 5.22. The normalized spacial score (nSPS) is 13.6. The summed E-state index contributed by atoms with van der Waals surface area (Å²) in [6.45, 7) is 0. The molecule has 102 valence electrons. The summed E-state index contributed by atoms with van der Waals surface area (Å²) in [5.41, 5.74) is 0.354. The van der Waals surface area contributed by atoms with E-state index in [4.69, 9.17) is 0 Å². The van der Waals surface area contributed by atoms with Crippen molar-refractivity contribution < 1.29 is 17.2 Å². The van der Waals surface area contributed by atoms with Crippen LogP contribution in [0.15, 0.2) is 18.2 Å². The van der Waals surface area contributed by atoms with Gasteiger partial charge in [0.25, 0.3) is 0 Å². The molecule has 0 fully saturated rings. The second-order valence-electron chi connectivity index (χ2n) is 4.28. The average molecular weight is 277 g/mol. The highest BCUT2D eigenvalue weighted by Gasteiger charge is 2.15. The first kappa shape index (κ1) is 15.0. The molecule has 1 unspecified atom stereocenters. The molecule has 3 nitrogen and oxygen atoms in total. The summed E-state index contributed by atoms with van der Waals surface area (Å²) < 4.78 is 48.3. The van der Waals surface area contributed by atoms with Crippen LogP contribution in [-0.4, -0.2) is 27.5 Å². The summed E-state index contributed by atoms with van der Waals surface area (Å²) in [7, 11) is -1.35. The predicted molar refractivity (Wildman–Crippen MR) is 67.1 cm³/mol. The van der Waals surface area contributed by atoms with Gasteiger partial charge in [-0.2, -0.15) is 0 Å². The van der Waals surface area contributed by atoms with Crippen molar-refractivity contribution in [1.29, 1.82) is 0 Å². The van der Waals surface area contributed by atoms with E-state index in [9.17, 15) is 17.2 Å². The standard InChI is InChI=1S/C12H17F2NO2S/c1-15-12(4-3-7-18(2,16)17)10-6-5-9(13)8-11(10)14/h5-6,8,12,15H,3-4,7H2,1-2H3. The van der Waals surface area contributed by atoms with E-state index < -0.39 is 21.5 Å². The number of hydrogen-bond acceptors (Lipinski definition) is 3. The predicted octanol–water partition coefficient (Wildman–Crippen LogP) is 2.05. The molecule has 0 aliphatic rings. The lowest BCUT2D eigenvalue weighted by Gasteiger charge is -2.17. The van der Waals surface area contributed by atoms with E-state index >= 15 is 0 Å². The molecule has 0 amide bonds. The van der Waals surface area contributed by atoms with Gasteiger partial charge >= 0.3 is 0 Å². The summed E-state index contributed by atoms with van der Waals surface area (Å²) in [5.74, 6) is -1.18. The minimum absolute atomic E-state index is 0.0635. The molecule has 0 heterocycles. The summed E-state index contributed by atoms with van der Waals surface area (Å²) in [5, 5.41) is 2.91. The first-order valence-electron chi connectivity index (χ1n) is 5.63. The van der Waals surface area contributed by atoms with Crippen molar-refractivity contribution in [3.05, 3.63) is 35.4 Å². The lowest BCUT2D eigenvalue weighted by molar-refractivity contribution is 0.495. The second-order valence-corrected chi connectivity index (χ2v) is 6.54. The van der Waals surface area contributed by atoms with Crippen molar-refractivity contribution in [2.75, 3.05) is 19.1 Å². The zero-order chi connectivity index (χ0) is 13.8. The highest BCUT2D eigenvalue weighted by molar-refractivity contribution is 7.90. The Bertz CT molecular complexity index is 503. The molecule has 1 rings (SSSR count). The summed E-state index contributed by atoms with van der Waals surface area (Å²) in [6.07, 6.45) is 2.08. The molecular weight excluding hydrogens is 260 g/mol. The fraction of sp³-hybridized carbons (Fsp3) is 0.500. The second kappa shape index (κ2) is 6.24. The van der Waals surface area contributed by atoms with Crippen LogP contribution in [0.2, 0.25) is 0 Å². The van der Waals surface area contributed by atoms with Crippen LogP contribution >= 0.6 is 0 Å². The van der Waals surface area contributed by atoms with Crippen LogP contribution in [0.4, 0.5) is 8.78 Å². The van der Waals surface area contributed by atoms with Gasteiger partial charge in [-0.25, -0.2) is 17.2 Å². The van der Waals surface area contributed by atoms with Gasteiger partial charge in [-0.05, 0) is 26.0 Å². The van der Waals surface area contributed by atoms with Crippen LogP contribution in [0.25, 0.3) is 0 Å². The van der Waals surface area contributed by atoms with Gasteiger partial charge in [-0.15, -0.1) is 0 Å². The maximum absolute atomic E-state index is 13.6. The Balaban J connectivity index is 2.71. The number of hydrogen-bond donors (Lipinski definition) is 1. The Morgan fingerprint density at radius 2 is 2.00 bits per heavy atom. The first-order chi connectivity index (χ1) is 8.33. The molecule has 0 spiro atoms. The lowest BCUT2D eigenvalue weighted by atomic mass is 10.0. The minimum Gasteiger partial charge on any atom is -0.313 e. The van der Waals surface area contributed by atoms with Gasteiger partial charge in [0.05, 0.1) is 0 Å². The van der Waals surface area contributed by atoms with Crippen LogP contribution in [0.1, 0.15) is 24.4 Å². The van der Waals surface area contributed by atoms with Crippen LogP contribution < -0.4 is 5.32 Å². The van der Waals surface area contributed by atoms with E-state index in [-0.39, 0.29) is 11.8 Å². The molecule has 18 heavy (non-hydrogen) atoms. The Morgan fingerprint density at radius 3 is 2.50 bits per heavy atom. The molecule has 6 heteroatoms. The van der Waals surface area contributed by atoms with Crippen molar-refractivity contribution >= 4 is 9.84 Å². The number of benzene rings is 1. The van der Waals surface area contributed by atoms with E-state index in [1.54, 1.807) is 7.05 Å². The van der Waals surface area contributed by atoms with Gasteiger partial charge < -0.3 is 5.32 Å². The van der Waals surface area contributed by atoms with Gasteiger partial charge in [0, 0.05) is 29.7 Å². The van der Waals surface area contributed by atoms with Crippen LogP contribution in [0, 0.1) is 11.6 Å². The maximum Gasteiger partial charge on any atom is 0.147 e. The van der Waals surface area contributed by atoms with Crippen LogP contribution in [0.3, 0.4) is 0 Å². The topological polar surface area (TPSA) is 46.2 Å². The van der Waals surface area contributed by atoms with Gasteiger partial charge in [0.2, 0.25) is 0 Å². The highest BCUT2D eigenvalue weighted by Crippen LogP contribution is 2.22. The SMILES string of the molecule is CNC(CCCS(C)(=O)=O)c1ccc(F)cc1F. The zero-order valence-electron chi connectivity index (χ0n) is 10.4. The molecule has 0 saturated heterocycles. The van der Waals surface area contributed by atoms with Crippen molar-refractivity contribution in [2.24, 2.45) is 0 Å². The lowest BCUT2D eigenvalue weighted by Crippen LogP contribution is -2.19. The highest BCUT2D eigenvalue weighted by atomic mass is 32.2. The fourth-order valence-electron chi connectivity index (χ4n) is 1.79. The zero-order valence-corrected chi connectivity index (χ0v) is 11.2. The van der Waals surface area contributed by atoms with E-state index in [1.165, 1.54) is 18.4 Å². The van der Waals surface area contributed by atoms with Crippen LogP contribution in [0.5, 0.6) is 0 Å². The van der Waals surface area contributed by atoms with E-state index in [0.29, 0.717) is 18.4 Å². The quantitative estimate of drug-likeness (QED) is 0.865. The number of sulfone groups is 1. The largest absolute Gasteiger partial charge is 0.313 e. The maximum atomic E-state index is 13.6. The third kappa shape index (κ3) is 4.70. The monoisotopic (exact) mass is 277 g/mol. The Labute approximate surface area is 106 Å². The molecule has 1 aromatic carbocycles. The summed E-state index contributed by atoms with van der Waals surface area (Å²) in [6, 6.07) is 3.09. The molecule has 0 aromatic heterocycles. The third-order valence-corrected chi connectivity index (χ3v) is 3.72. The molecule has 0 aliphatic carbocycles. The fourth-order valence-corrected chi connectivity index (χ4v) is 2.48. The smallest absolute Gasteiger partial charge is 0.147 e. The number of rotatable bonds is 6. The van der Waals surface area contributed by atoms with E-state index in [0.717, 1.165) is 6.07 Å². The molecule has 1 N–H and O–H groups in total. The molecule has 1 atom stereocenters.